The molecule has 1 aromatic heterocycles. The van der Waals surface area contributed by atoms with Crippen molar-refractivity contribution < 1.29 is 14.3 Å². The molecule has 0 bridgehead atoms. The number of nitrogens with zero attached hydrogens (tertiary/aromatic N) is 3. The van der Waals surface area contributed by atoms with E-state index in [1.165, 1.54) is 25.7 Å². The van der Waals surface area contributed by atoms with Gasteiger partial charge < -0.3 is 15.0 Å². The highest BCUT2D eigenvalue weighted by atomic mass is 16.5. The summed E-state index contributed by atoms with van der Waals surface area (Å²) in [5.41, 5.74) is 2.76. The van der Waals surface area contributed by atoms with Crippen LogP contribution in [0.2, 0.25) is 0 Å². The lowest BCUT2D eigenvalue weighted by Crippen LogP contribution is -2.39. The van der Waals surface area contributed by atoms with E-state index in [-0.39, 0.29) is 23.8 Å². The number of carbonyl (C=O) groups excluding carboxylic acids is 2. The lowest BCUT2D eigenvalue weighted by Gasteiger charge is -2.23. The average Bonchev–Trinajstić information content (AvgIpc) is 3.47. The Kier molecular flexibility index (Phi) is 9.49. The smallest absolute Gasteiger partial charge is 0.245 e. The van der Waals surface area contributed by atoms with Gasteiger partial charge in [0.15, 0.2) is 0 Å². The number of nitrogens with one attached hydrogen (secondary N) is 1. The van der Waals surface area contributed by atoms with Crippen LogP contribution in [0.1, 0.15) is 77.0 Å². The van der Waals surface area contributed by atoms with Crippen molar-refractivity contribution in [2.24, 2.45) is 5.92 Å². The molecule has 0 saturated heterocycles. The third kappa shape index (κ3) is 7.92. The van der Waals surface area contributed by atoms with Crippen molar-refractivity contribution in [1.29, 1.82) is 0 Å². The van der Waals surface area contributed by atoms with Crippen molar-refractivity contribution in [3.63, 3.8) is 0 Å². The molecular weight excluding hydrogens is 440 g/mol. The fourth-order valence-corrected chi connectivity index (χ4v) is 4.55. The van der Waals surface area contributed by atoms with Crippen molar-refractivity contribution in [1.82, 2.24) is 14.7 Å². The monoisotopic (exact) mass is 482 g/mol. The largest absolute Gasteiger partial charge is 0.385 e. The Morgan fingerprint density at radius 3 is 2.49 bits per heavy atom. The Morgan fingerprint density at radius 1 is 1.17 bits per heavy atom. The van der Waals surface area contributed by atoms with Crippen LogP contribution >= 0.6 is 0 Å². The van der Waals surface area contributed by atoms with Crippen LogP contribution in [-0.4, -0.2) is 53.3 Å². The number of anilines is 1. The highest BCUT2D eigenvalue weighted by Crippen LogP contribution is 2.29. The molecule has 1 aliphatic rings. The molecule has 1 aliphatic carbocycles. The molecule has 0 atom stereocenters. The number of amides is 2. The first-order chi connectivity index (χ1) is 16.7. The highest BCUT2D eigenvalue weighted by molar-refractivity contribution is 5.94. The Morgan fingerprint density at radius 2 is 1.86 bits per heavy atom. The van der Waals surface area contributed by atoms with Gasteiger partial charge in [-0.25, -0.2) is 4.68 Å². The molecule has 0 spiro atoms. The van der Waals surface area contributed by atoms with E-state index < -0.39 is 0 Å². The molecule has 7 nitrogen and oxygen atoms in total. The lowest BCUT2D eigenvalue weighted by atomic mass is 9.92. The van der Waals surface area contributed by atoms with E-state index in [4.69, 9.17) is 9.84 Å². The number of ether oxygens (including phenoxy) is 1. The van der Waals surface area contributed by atoms with E-state index in [0.29, 0.717) is 37.7 Å². The molecule has 1 heterocycles. The molecule has 1 N–H and O–H groups in total. The molecule has 2 aromatic rings. The van der Waals surface area contributed by atoms with Crippen LogP contribution < -0.4 is 5.32 Å². The number of hydrogen-bond acceptors (Lipinski definition) is 4. The number of hydrogen-bond donors (Lipinski definition) is 1. The Bertz CT molecular complexity index is 969. The van der Waals surface area contributed by atoms with Gasteiger partial charge >= 0.3 is 0 Å². The van der Waals surface area contributed by atoms with Crippen LogP contribution in [0.15, 0.2) is 30.3 Å². The van der Waals surface area contributed by atoms with E-state index in [9.17, 15) is 9.59 Å². The molecule has 0 radical (unpaired) electrons. The van der Waals surface area contributed by atoms with Gasteiger partial charge in [-0.2, -0.15) is 5.10 Å². The van der Waals surface area contributed by atoms with E-state index in [2.05, 4.69) is 26.1 Å². The van der Waals surface area contributed by atoms with Gasteiger partial charge in [0.2, 0.25) is 11.8 Å². The van der Waals surface area contributed by atoms with Crippen molar-refractivity contribution in [3.05, 3.63) is 41.6 Å². The Hall–Kier alpha value is -2.67. The third-order valence-electron chi connectivity index (χ3n) is 6.73. The minimum absolute atomic E-state index is 0.0249. The lowest BCUT2D eigenvalue weighted by molar-refractivity contribution is -0.135. The van der Waals surface area contributed by atoms with Crippen molar-refractivity contribution in [2.75, 3.05) is 32.1 Å². The summed E-state index contributed by atoms with van der Waals surface area (Å²) in [4.78, 5) is 27.8. The second-order valence-electron chi connectivity index (χ2n) is 10.8. The fourth-order valence-electron chi connectivity index (χ4n) is 4.55. The van der Waals surface area contributed by atoms with Crippen molar-refractivity contribution in [2.45, 2.75) is 78.1 Å². The van der Waals surface area contributed by atoms with Crippen LogP contribution in [0.25, 0.3) is 5.69 Å². The fraction of sp³-hybridized carbons (Fsp3) is 0.607. The molecule has 0 unspecified atom stereocenters. The van der Waals surface area contributed by atoms with Crippen LogP contribution in [0.5, 0.6) is 0 Å². The first-order valence-corrected chi connectivity index (χ1v) is 12.9. The molecule has 3 rings (SSSR count). The zero-order chi connectivity index (χ0) is 25.4. The number of rotatable bonds is 11. The summed E-state index contributed by atoms with van der Waals surface area (Å²) < 4.78 is 6.94. The molecule has 1 saturated carbocycles. The maximum Gasteiger partial charge on any atom is 0.245 e. The summed E-state index contributed by atoms with van der Waals surface area (Å²) in [6, 6.07) is 9.97. The molecular formula is C28H42N4O3. The first kappa shape index (κ1) is 26.9. The third-order valence-corrected chi connectivity index (χ3v) is 6.73. The van der Waals surface area contributed by atoms with Gasteiger partial charge in [0.05, 0.1) is 17.9 Å². The second-order valence-corrected chi connectivity index (χ2v) is 10.8. The molecule has 2 amide bonds. The summed E-state index contributed by atoms with van der Waals surface area (Å²) in [5.74, 6) is 1.09. The quantitative estimate of drug-likeness (QED) is 0.444. The topological polar surface area (TPSA) is 76.5 Å². The van der Waals surface area contributed by atoms with Gasteiger partial charge in [0.25, 0.3) is 0 Å². The van der Waals surface area contributed by atoms with Crippen LogP contribution in [0.4, 0.5) is 5.82 Å². The normalized spacial score (nSPS) is 14.3. The molecule has 1 aromatic carbocycles. The van der Waals surface area contributed by atoms with Gasteiger partial charge in [-0.15, -0.1) is 0 Å². The molecule has 192 valence electrons. The molecule has 7 heteroatoms. The summed E-state index contributed by atoms with van der Waals surface area (Å²) in [7, 11) is 1.65. The first-order valence-electron chi connectivity index (χ1n) is 12.9. The Labute approximate surface area is 210 Å². The van der Waals surface area contributed by atoms with E-state index in [0.717, 1.165) is 23.4 Å². The van der Waals surface area contributed by atoms with Gasteiger partial charge in [0, 0.05) is 38.2 Å². The summed E-state index contributed by atoms with van der Waals surface area (Å²) in [5, 5.41) is 7.81. The molecule has 1 fully saturated rings. The SMILES string of the molecule is COCCCN(CC(=O)Nc1cc(C(C)(C)C)nn1-c1ccc(C)cc1)C(=O)CCC1CCCC1. The number of aryl methyl sites for hydroxylation is 1. The van der Waals surface area contributed by atoms with Crippen LogP contribution in [0.3, 0.4) is 0 Å². The summed E-state index contributed by atoms with van der Waals surface area (Å²) in [6.45, 7) is 9.43. The zero-order valence-electron chi connectivity index (χ0n) is 22.1. The predicted octanol–water partition coefficient (Wildman–Crippen LogP) is 5.25. The standard InChI is InChI=1S/C28H42N4O3/c1-21-11-14-23(15-12-21)32-25(19-24(30-32)28(2,3)4)29-26(33)20-31(17-8-18-35-5)27(34)16-13-22-9-6-7-10-22/h11-12,14-15,19,22H,6-10,13,16-18,20H2,1-5H3,(H,29,33). The number of methoxy groups -OCH3 is 1. The van der Waals surface area contributed by atoms with Crippen LogP contribution in [-0.2, 0) is 19.7 Å². The number of aromatic nitrogens is 2. The highest BCUT2D eigenvalue weighted by Gasteiger charge is 2.24. The zero-order valence-corrected chi connectivity index (χ0v) is 22.1. The average molecular weight is 483 g/mol. The van der Waals surface area contributed by atoms with Gasteiger partial charge in [-0.05, 0) is 37.8 Å². The minimum Gasteiger partial charge on any atom is -0.385 e. The minimum atomic E-state index is -0.217. The van der Waals surface area contributed by atoms with Gasteiger partial charge in [-0.1, -0.05) is 64.2 Å². The number of benzene rings is 1. The second kappa shape index (κ2) is 12.3. The number of carbonyl (C=O) groups is 2. The maximum absolute atomic E-state index is 13.1. The van der Waals surface area contributed by atoms with Crippen molar-refractivity contribution in [3.8, 4) is 5.69 Å². The van der Waals surface area contributed by atoms with Gasteiger partial charge in [0.1, 0.15) is 5.82 Å². The molecule has 35 heavy (non-hydrogen) atoms. The maximum atomic E-state index is 13.1. The summed E-state index contributed by atoms with van der Waals surface area (Å²) >= 11 is 0. The Balaban J connectivity index is 1.73. The predicted molar refractivity (Wildman–Crippen MR) is 140 cm³/mol. The summed E-state index contributed by atoms with van der Waals surface area (Å²) in [6.07, 6.45) is 7.09. The van der Waals surface area contributed by atoms with Crippen molar-refractivity contribution >= 4 is 17.6 Å². The van der Waals surface area contributed by atoms with Crippen LogP contribution in [0, 0.1) is 12.8 Å². The van der Waals surface area contributed by atoms with E-state index in [1.54, 1.807) is 16.7 Å². The van der Waals surface area contributed by atoms with Gasteiger partial charge in [-0.3, -0.25) is 9.59 Å². The van der Waals surface area contributed by atoms with E-state index >= 15 is 0 Å². The van der Waals surface area contributed by atoms with E-state index in [1.807, 2.05) is 37.3 Å². The molecule has 0 aliphatic heterocycles.